The third kappa shape index (κ3) is 3.80. The molecule has 0 aromatic heterocycles. The van der Waals surface area contributed by atoms with Crippen molar-refractivity contribution in [1.29, 1.82) is 0 Å². The molecule has 0 aliphatic carbocycles. The summed E-state index contributed by atoms with van der Waals surface area (Å²) < 4.78 is 14.4. The van der Waals surface area contributed by atoms with Gasteiger partial charge in [0.2, 0.25) is 5.91 Å². The van der Waals surface area contributed by atoms with Crippen LogP contribution in [0.5, 0.6) is 0 Å². The number of amides is 1. The van der Waals surface area contributed by atoms with E-state index in [-0.39, 0.29) is 23.7 Å². The minimum absolute atomic E-state index is 0.0537. The summed E-state index contributed by atoms with van der Waals surface area (Å²) >= 11 is 3.29. The summed E-state index contributed by atoms with van der Waals surface area (Å²) in [6.07, 6.45) is 0.0936. The van der Waals surface area contributed by atoms with Gasteiger partial charge in [0, 0.05) is 16.6 Å². The molecule has 2 nitrogen and oxygen atoms in total. The van der Waals surface area contributed by atoms with Crippen LogP contribution in [-0.2, 0) is 11.2 Å². The van der Waals surface area contributed by atoms with E-state index in [0.717, 1.165) is 4.47 Å². The molecule has 0 N–H and O–H groups in total. The fourth-order valence-corrected chi connectivity index (χ4v) is 2.37. The molecule has 0 saturated heterocycles. The van der Waals surface area contributed by atoms with E-state index in [2.05, 4.69) is 15.9 Å². The van der Waals surface area contributed by atoms with Gasteiger partial charge in [-0.1, -0.05) is 15.9 Å². The topological polar surface area (TPSA) is 20.3 Å². The summed E-state index contributed by atoms with van der Waals surface area (Å²) in [5, 5.41) is 0. The maximum Gasteiger partial charge on any atom is 0.227 e. The highest BCUT2D eigenvalue weighted by Gasteiger charge is 2.25. The van der Waals surface area contributed by atoms with E-state index in [1.54, 1.807) is 17.0 Å². The molecule has 0 unspecified atom stereocenters. The zero-order chi connectivity index (χ0) is 13.9. The first-order chi connectivity index (χ1) is 8.25. The molecule has 0 spiro atoms. The molecule has 0 bridgehead atoms. The van der Waals surface area contributed by atoms with Crippen LogP contribution in [0.3, 0.4) is 0 Å². The second-order valence-corrected chi connectivity index (χ2v) is 6.14. The van der Waals surface area contributed by atoms with Gasteiger partial charge in [-0.25, -0.2) is 4.39 Å². The average molecular weight is 316 g/mol. The summed E-state index contributed by atoms with van der Waals surface area (Å²) in [6.45, 7) is 8.49. The van der Waals surface area contributed by atoms with Gasteiger partial charge < -0.3 is 4.90 Å². The first kappa shape index (κ1) is 15.2. The fourth-order valence-electron chi connectivity index (χ4n) is 1.96. The molecular weight excluding hydrogens is 297 g/mol. The smallest absolute Gasteiger partial charge is 0.227 e. The monoisotopic (exact) mass is 315 g/mol. The molecule has 0 saturated carbocycles. The van der Waals surface area contributed by atoms with Crippen LogP contribution in [0.4, 0.5) is 4.39 Å². The van der Waals surface area contributed by atoms with Gasteiger partial charge in [-0.3, -0.25) is 4.79 Å². The number of rotatable bonds is 3. The Morgan fingerprint density at radius 1 is 1.39 bits per heavy atom. The van der Waals surface area contributed by atoms with E-state index >= 15 is 0 Å². The van der Waals surface area contributed by atoms with E-state index in [9.17, 15) is 9.18 Å². The fraction of sp³-hybridized carbons (Fsp3) is 0.500. The highest BCUT2D eigenvalue weighted by Crippen LogP contribution is 2.19. The van der Waals surface area contributed by atoms with Gasteiger partial charge in [-0.15, -0.1) is 0 Å². The molecule has 0 heterocycles. The van der Waals surface area contributed by atoms with E-state index < -0.39 is 0 Å². The minimum atomic E-state index is -0.337. The molecular formula is C14H19BrFNO. The Balaban J connectivity index is 2.90. The molecule has 100 valence electrons. The van der Waals surface area contributed by atoms with E-state index in [1.165, 1.54) is 6.07 Å². The highest BCUT2D eigenvalue weighted by molar-refractivity contribution is 9.10. The maximum absolute atomic E-state index is 13.6. The molecule has 0 atom stereocenters. The van der Waals surface area contributed by atoms with Crippen LogP contribution in [-0.4, -0.2) is 22.9 Å². The largest absolute Gasteiger partial charge is 0.338 e. The van der Waals surface area contributed by atoms with Crippen molar-refractivity contribution in [2.75, 3.05) is 6.54 Å². The number of benzene rings is 1. The Hall–Kier alpha value is -0.900. The van der Waals surface area contributed by atoms with E-state index in [0.29, 0.717) is 12.1 Å². The number of likely N-dealkylation sites (N-methyl/N-ethyl adjacent to an activating group) is 1. The molecule has 18 heavy (non-hydrogen) atoms. The zero-order valence-electron chi connectivity index (χ0n) is 11.3. The zero-order valence-corrected chi connectivity index (χ0v) is 12.8. The van der Waals surface area contributed by atoms with Crippen LogP contribution >= 0.6 is 15.9 Å². The van der Waals surface area contributed by atoms with Crippen molar-refractivity contribution in [3.63, 3.8) is 0 Å². The van der Waals surface area contributed by atoms with E-state index in [4.69, 9.17) is 0 Å². The van der Waals surface area contributed by atoms with Gasteiger partial charge in [-0.2, -0.15) is 0 Å². The molecule has 1 aromatic rings. The van der Waals surface area contributed by atoms with Gasteiger partial charge in [-0.05, 0) is 51.5 Å². The summed E-state index contributed by atoms with van der Waals surface area (Å²) in [4.78, 5) is 14.0. The second kappa shape index (κ2) is 5.83. The van der Waals surface area contributed by atoms with Gasteiger partial charge in [0.25, 0.3) is 0 Å². The van der Waals surface area contributed by atoms with Crippen LogP contribution in [0.15, 0.2) is 22.7 Å². The van der Waals surface area contributed by atoms with Crippen LogP contribution in [0.25, 0.3) is 0 Å². The van der Waals surface area contributed by atoms with Crippen molar-refractivity contribution in [2.45, 2.75) is 39.7 Å². The van der Waals surface area contributed by atoms with Crippen molar-refractivity contribution in [3.8, 4) is 0 Å². The molecule has 0 aliphatic rings. The van der Waals surface area contributed by atoms with Gasteiger partial charge in [0.15, 0.2) is 0 Å². The molecule has 0 radical (unpaired) electrons. The lowest BCUT2D eigenvalue weighted by Crippen LogP contribution is -2.46. The summed E-state index contributed by atoms with van der Waals surface area (Å²) in [7, 11) is 0. The number of carbonyl (C=O) groups is 1. The van der Waals surface area contributed by atoms with Crippen LogP contribution in [0, 0.1) is 5.82 Å². The first-order valence-electron chi connectivity index (χ1n) is 6.00. The minimum Gasteiger partial charge on any atom is -0.338 e. The Kier molecular flexibility index (Phi) is 4.91. The Morgan fingerprint density at radius 3 is 2.50 bits per heavy atom. The lowest BCUT2D eigenvalue weighted by molar-refractivity contribution is -0.134. The number of carbonyl (C=O) groups excluding carboxylic acids is 1. The molecule has 1 rings (SSSR count). The van der Waals surface area contributed by atoms with Gasteiger partial charge >= 0.3 is 0 Å². The molecule has 1 amide bonds. The summed E-state index contributed by atoms with van der Waals surface area (Å²) in [5.41, 5.74) is 0.186. The van der Waals surface area contributed by atoms with Crippen molar-refractivity contribution >= 4 is 21.8 Å². The third-order valence-electron chi connectivity index (χ3n) is 2.78. The molecule has 4 heteroatoms. The summed E-state index contributed by atoms with van der Waals surface area (Å²) in [5.74, 6) is -0.390. The van der Waals surface area contributed by atoms with Crippen molar-refractivity contribution in [3.05, 3.63) is 34.1 Å². The van der Waals surface area contributed by atoms with Crippen LogP contribution < -0.4 is 0 Å². The normalized spacial score (nSPS) is 11.4. The van der Waals surface area contributed by atoms with E-state index in [1.807, 2.05) is 27.7 Å². The predicted octanol–water partition coefficient (Wildman–Crippen LogP) is 3.78. The number of halogens is 2. The second-order valence-electron chi connectivity index (χ2n) is 5.22. The van der Waals surface area contributed by atoms with Crippen molar-refractivity contribution in [2.24, 2.45) is 0 Å². The number of hydrogen-bond acceptors (Lipinski definition) is 1. The molecule has 1 aromatic carbocycles. The Morgan fingerprint density at radius 2 is 2.00 bits per heavy atom. The average Bonchev–Trinajstić information content (AvgIpc) is 2.22. The predicted molar refractivity (Wildman–Crippen MR) is 74.9 cm³/mol. The number of nitrogens with zero attached hydrogens (tertiary/aromatic N) is 1. The molecule has 0 aliphatic heterocycles. The quantitative estimate of drug-likeness (QED) is 0.831. The first-order valence-corrected chi connectivity index (χ1v) is 6.79. The van der Waals surface area contributed by atoms with Crippen molar-refractivity contribution < 1.29 is 9.18 Å². The summed E-state index contributed by atoms with van der Waals surface area (Å²) in [6, 6.07) is 4.66. The highest BCUT2D eigenvalue weighted by atomic mass is 79.9. The number of hydrogen-bond donors (Lipinski definition) is 0. The Labute approximate surface area is 116 Å². The van der Waals surface area contributed by atoms with Gasteiger partial charge in [0.1, 0.15) is 5.82 Å². The standard InChI is InChI=1S/C14H19BrFNO/c1-5-17(14(2,3)4)13(18)9-10-8-11(15)6-7-12(10)16/h6-8H,5,9H2,1-4H3. The third-order valence-corrected chi connectivity index (χ3v) is 3.27. The van der Waals surface area contributed by atoms with Crippen LogP contribution in [0.2, 0.25) is 0 Å². The lowest BCUT2D eigenvalue weighted by atomic mass is 10.0. The van der Waals surface area contributed by atoms with Crippen LogP contribution in [0.1, 0.15) is 33.3 Å². The maximum atomic E-state index is 13.6. The lowest BCUT2D eigenvalue weighted by Gasteiger charge is -2.35. The van der Waals surface area contributed by atoms with Gasteiger partial charge in [0.05, 0.1) is 6.42 Å². The van der Waals surface area contributed by atoms with Crippen molar-refractivity contribution in [1.82, 2.24) is 4.90 Å². The SMILES string of the molecule is CCN(C(=O)Cc1cc(Br)ccc1F)C(C)(C)C. The molecule has 0 fully saturated rings. The Bertz CT molecular complexity index is 440.